The Balaban J connectivity index is 2.21. The topological polar surface area (TPSA) is 74.7 Å². The fourth-order valence-corrected chi connectivity index (χ4v) is 5.08. The maximum absolute atomic E-state index is 12.6. The zero-order valence-corrected chi connectivity index (χ0v) is 13.1. The zero-order valence-electron chi connectivity index (χ0n) is 12.3. The van der Waals surface area contributed by atoms with Crippen LogP contribution in [0.4, 0.5) is 0 Å². The van der Waals surface area contributed by atoms with E-state index in [4.69, 9.17) is 0 Å². The number of hydrogen-bond acceptors (Lipinski definition) is 3. The van der Waals surface area contributed by atoms with Crippen molar-refractivity contribution in [2.45, 2.75) is 38.1 Å². The van der Waals surface area contributed by atoms with E-state index in [0.717, 1.165) is 5.56 Å². The summed E-state index contributed by atoms with van der Waals surface area (Å²) in [6, 6.07) is 9.40. The van der Waals surface area contributed by atoms with Crippen LogP contribution in [0.2, 0.25) is 0 Å². The van der Waals surface area contributed by atoms with Crippen molar-refractivity contribution in [3.63, 3.8) is 0 Å². The minimum Gasteiger partial charge on any atom is -0.480 e. The molecule has 21 heavy (non-hydrogen) atoms. The maximum atomic E-state index is 12.6. The quantitative estimate of drug-likeness (QED) is 0.903. The van der Waals surface area contributed by atoms with Gasteiger partial charge in [0.1, 0.15) is 5.54 Å². The predicted molar refractivity (Wildman–Crippen MR) is 80.6 cm³/mol. The van der Waals surface area contributed by atoms with Gasteiger partial charge in [0.25, 0.3) is 0 Å². The fraction of sp³-hybridized carbons (Fsp3) is 0.533. The third kappa shape index (κ3) is 3.11. The summed E-state index contributed by atoms with van der Waals surface area (Å²) >= 11 is 0. The Hall–Kier alpha value is -1.40. The van der Waals surface area contributed by atoms with Crippen LogP contribution in [0.15, 0.2) is 30.3 Å². The van der Waals surface area contributed by atoms with Crippen molar-refractivity contribution in [1.82, 2.24) is 4.31 Å². The van der Waals surface area contributed by atoms with Gasteiger partial charge in [-0.05, 0) is 31.2 Å². The highest BCUT2D eigenvalue weighted by molar-refractivity contribution is 7.89. The van der Waals surface area contributed by atoms with Crippen molar-refractivity contribution in [1.29, 1.82) is 0 Å². The molecule has 5 nitrogen and oxygen atoms in total. The molecule has 1 aliphatic heterocycles. The third-order valence-electron chi connectivity index (χ3n) is 4.20. The second kappa shape index (κ2) is 5.77. The number of carboxylic acid groups (broad SMARTS) is 1. The highest BCUT2D eigenvalue weighted by atomic mass is 32.2. The molecule has 1 heterocycles. The van der Waals surface area contributed by atoms with Crippen LogP contribution in [0, 0.1) is 0 Å². The van der Waals surface area contributed by atoms with Crippen molar-refractivity contribution in [3.05, 3.63) is 35.9 Å². The van der Waals surface area contributed by atoms with Gasteiger partial charge in [0, 0.05) is 6.54 Å². The van der Waals surface area contributed by atoms with Gasteiger partial charge in [0.15, 0.2) is 0 Å². The molecule has 1 saturated heterocycles. The van der Waals surface area contributed by atoms with E-state index in [1.807, 2.05) is 37.3 Å². The standard InChI is InChI=1S/C15H21NO4S/c1-12(13-7-4-3-5-8-13)11-21(19,20)16-10-6-9-15(16,2)14(17)18/h3-5,7-8,12H,6,9-11H2,1-2H3,(H,17,18). The molecule has 2 rings (SSSR count). The van der Waals surface area contributed by atoms with Gasteiger partial charge in [-0.3, -0.25) is 4.79 Å². The maximum Gasteiger partial charge on any atom is 0.324 e. The molecule has 1 fully saturated rings. The Bertz CT molecular complexity index is 614. The molecule has 0 aromatic heterocycles. The molecular weight excluding hydrogens is 290 g/mol. The summed E-state index contributed by atoms with van der Waals surface area (Å²) in [6.45, 7) is 3.63. The smallest absolute Gasteiger partial charge is 0.324 e. The largest absolute Gasteiger partial charge is 0.480 e. The molecule has 2 atom stereocenters. The minimum absolute atomic E-state index is 0.0696. The monoisotopic (exact) mass is 311 g/mol. The van der Waals surface area contributed by atoms with E-state index < -0.39 is 21.5 Å². The molecule has 1 aromatic carbocycles. The molecule has 1 aliphatic rings. The number of aliphatic carboxylic acids is 1. The summed E-state index contributed by atoms with van der Waals surface area (Å²) in [5.74, 6) is -1.31. The van der Waals surface area contributed by atoms with Crippen molar-refractivity contribution in [2.24, 2.45) is 0 Å². The second-order valence-electron chi connectivity index (χ2n) is 5.84. The number of carbonyl (C=O) groups is 1. The van der Waals surface area contributed by atoms with Crippen LogP contribution in [0.25, 0.3) is 0 Å². The lowest BCUT2D eigenvalue weighted by molar-refractivity contribution is -0.146. The van der Waals surface area contributed by atoms with E-state index in [2.05, 4.69) is 0 Å². The summed E-state index contributed by atoms with van der Waals surface area (Å²) in [5, 5.41) is 9.35. The summed E-state index contributed by atoms with van der Waals surface area (Å²) in [7, 11) is -3.61. The number of hydrogen-bond donors (Lipinski definition) is 1. The molecule has 6 heteroatoms. The van der Waals surface area contributed by atoms with Gasteiger partial charge >= 0.3 is 5.97 Å². The number of rotatable bonds is 5. The lowest BCUT2D eigenvalue weighted by Crippen LogP contribution is -2.51. The first-order valence-electron chi connectivity index (χ1n) is 7.06. The number of benzene rings is 1. The molecule has 116 valence electrons. The average Bonchev–Trinajstić information content (AvgIpc) is 2.84. The Labute approximate surface area is 125 Å². The van der Waals surface area contributed by atoms with Crippen LogP contribution in [-0.4, -0.2) is 41.6 Å². The lowest BCUT2D eigenvalue weighted by Gasteiger charge is -2.31. The van der Waals surface area contributed by atoms with Crippen molar-refractivity contribution >= 4 is 16.0 Å². The van der Waals surface area contributed by atoms with E-state index in [1.165, 1.54) is 11.2 Å². The van der Waals surface area contributed by atoms with E-state index >= 15 is 0 Å². The number of carboxylic acids is 1. The van der Waals surface area contributed by atoms with Crippen molar-refractivity contribution in [2.75, 3.05) is 12.3 Å². The molecule has 2 unspecified atom stereocenters. The third-order valence-corrected chi connectivity index (χ3v) is 6.38. The number of sulfonamides is 1. The highest BCUT2D eigenvalue weighted by Crippen LogP contribution is 2.33. The van der Waals surface area contributed by atoms with E-state index in [1.54, 1.807) is 0 Å². The average molecular weight is 311 g/mol. The van der Waals surface area contributed by atoms with Gasteiger partial charge in [-0.25, -0.2) is 8.42 Å². The van der Waals surface area contributed by atoms with Crippen molar-refractivity contribution < 1.29 is 18.3 Å². The Morgan fingerprint density at radius 3 is 2.57 bits per heavy atom. The van der Waals surface area contributed by atoms with Crippen LogP contribution in [0.3, 0.4) is 0 Å². The minimum atomic E-state index is -3.61. The summed E-state index contributed by atoms with van der Waals surface area (Å²) < 4.78 is 26.4. The van der Waals surface area contributed by atoms with E-state index in [-0.39, 0.29) is 18.2 Å². The van der Waals surface area contributed by atoms with E-state index in [9.17, 15) is 18.3 Å². The predicted octanol–water partition coefficient (Wildman–Crippen LogP) is 2.06. The first-order valence-corrected chi connectivity index (χ1v) is 8.67. The zero-order chi connectivity index (χ0) is 15.7. The second-order valence-corrected chi connectivity index (χ2v) is 7.78. The number of nitrogens with zero attached hydrogens (tertiary/aromatic N) is 1. The highest BCUT2D eigenvalue weighted by Gasteiger charge is 2.49. The molecular formula is C15H21NO4S. The molecule has 0 amide bonds. The Kier molecular flexibility index (Phi) is 4.39. The van der Waals surface area contributed by atoms with Crippen LogP contribution in [0.1, 0.15) is 38.2 Å². The first-order chi connectivity index (χ1) is 9.77. The SMILES string of the molecule is CC(CS(=O)(=O)N1CCCC1(C)C(=O)O)c1ccccc1. The lowest BCUT2D eigenvalue weighted by atomic mass is 10.0. The van der Waals surface area contributed by atoms with Gasteiger partial charge < -0.3 is 5.11 Å². The molecule has 1 N–H and O–H groups in total. The van der Waals surface area contributed by atoms with Crippen LogP contribution >= 0.6 is 0 Å². The Morgan fingerprint density at radius 2 is 2.00 bits per heavy atom. The molecule has 0 spiro atoms. The molecule has 0 aliphatic carbocycles. The molecule has 0 saturated carbocycles. The molecule has 1 aromatic rings. The molecule has 0 radical (unpaired) electrons. The van der Waals surface area contributed by atoms with Gasteiger partial charge in [-0.2, -0.15) is 4.31 Å². The summed E-state index contributed by atoms with van der Waals surface area (Å²) in [4.78, 5) is 11.4. The Morgan fingerprint density at radius 1 is 1.38 bits per heavy atom. The van der Waals surface area contributed by atoms with E-state index in [0.29, 0.717) is 12.8 Å². The van der Waals surface area contributed by atoms with Crippen LogP contribution in [0.5, 0.6) is 0 Å². The van der Waals surface area contributed by atoms with Gasteiger partial charge in [-0.15, -0.1) is 0 Å². The van der Waals surface area contributed by atoms with Crippen LogP contribution < -0.4 is 0 Å². The summed E-state index contributed by atoms with van der Waals surface area (Å²) in [5.41, 5.74) is -0.368. The summed E-state index contributed by atoms with van der Waals surface area (Å²) in [6.07, 6.45) is 0.947. The van der Waals surface area contributed by atoms with Gasteiger partial charge in [0.2, 0.25) is 10.0 Å². The normalized spacial score (nSPS) is 24.9. The van der Waals surface area contributed by atoms with Gasteiger partial charge in [0.05, 0.1) is 5.75 Å². The van der Waals surface area contributed by atoms with Gasteiger partial charge in [-0.1, -0.05) is 37.3 Å². The molecule has 0 bridgehead atoms. The van der Waals surface area contributed by atoms with Crippen LogP contribution in [-0.2, 0) is 14.8 Å². The fourth-order valence-electron chi connectivity index (χ4n) is 2.88. The first kappa shape index (κ1) is 16.0. The van der Waals surface area contributed by atoms with Crippen molar-refractivity contribution in [3.8, 4) is 0 Å².